The number of benzene rings is 2. The van der Waals surface area contributed by atoms with Gasteiger partial charge in [-0.15, -0.1) is 0 Å². The molecule has 1 heterocycles. The van der Waals surface area contributed by atoms with E-state index in [1.54, 1.807) is 19.2 Å². The summed E-state index contributed by atoms with van der Waals surface area (Å²) in [4.78, 5) is 0.198. The van der Waals surface area contributed by atoms with Crippen LogP contribution < -0.4 is 9.46 Å². The SMILES string of the molecule is COc1ccccc1C1(CNS(=O)(=O)c2ccc(Cl)cc2)CCOCC1. The van der Waals surface area contributed by atoms with Crippen LogP contribution in [0.1, 0.15) is 18.4 Å². The summed E-state index contributed by atoms with van der Waals surface area (Å²) in [5.41, 5.74) is 0.634. The third kappa shape index (κ3) is 4.04. The normalized spacial score (nSPS) is 17.0. The molecule has 1 N–H and O–H groups in total. The predicted octanol–water partition coefficient (Wildman–Crippen LogP) is 3.38. The molecule has 0 atom stereocenters. The molecule has 26 heavy (non-hydrogen) atoms. The molecule has 0 radical (unpaired) electrons. The van der Waals surface area contributed by atoms with Gasteiger partial charge >= 0.3 is 0 Å². The topological polar surface area (TPSA) is 64.6 Å². The number of halogens is 1. The van der Waals surface area contributed by atoms with Crippen LogP contribution in [0, 0.1) is 0 Å². The molecular formula is C19H22ClNO4S. The molecule has 1 saturated heterocycles. The lowest BCUT2D eigenvalue weighted by Gasteiger charge is -2.38. The van der Waals surface area contributed by atoms with E-state index in [1.807, 2.05) is 24.3 Å². The lowest BCUT2D eigenvalue weighted by Crippen LogP contribution is -2.44. The van der Waals surface area contributed by atoms with Crippen molar-refractivity contribution in [2.75, 3.05) is 26.9 Å². The van der Waals surface area contributed by atoms with Gasteiger partial charge in [-0.3, -0.25) is 0 Å². The fourth-order valence-corrected chi connectivity index (χ4v) is 4.57. The van der Waals surface area contributed by atoms with Crippen LogP contribution in [0.3, 0.4) is 0 Å². The molecule has 140 valence electrons. The zero-order valence-electron chi connectivity index (χ0n) is 14.6. The molecule has 3 rings (SSSR count). The van der Waals surface area contributed by atoms with Gasteiger partial charge in [-0.25, -0.2) is 13.1 Å². The Hall–Kier alpha value is -1.60. The van der Waals surface area contributed by atoms with Crippen molar-refractivity contribution in [1.29, 1.82) is 0 Å². The van der Waals surface area contributed by atoms with Crippen molar-refractivity contribution in [3.63, 3.8) is 0 Å². The van der Waals surface area contributed by atoms with E-state index >= 15 is 0 Å². The van der Waals surface area contributed by atoms with Gasteiger partial charge in [0.15, 0.2) is 0 Å². The van der Waals surface area contributed by atoms with E-state index < -0.39 is 10.0 Å². The standard InChI is InChI=1S/C19H22ClNO4S/c1-24-18-5-3-2-4-17(18)19(10-12-25-13-11-19)14-21-26(22,23)16-8-6-15(20)7-9-16/h2-9,21H,10-14H2,1H3. The Bertz CT molecular complexity index is 846. The number of hydrogen-bond acceptors (Lipinski definition) is 4. The average Bonchev–Trinajstić information content (AvgIpc) is 2.67. The van der Waals surface area contributed by atoms with Crippen molar-refractivity contribution in [2.24, 2.45) is 0 Å². The lowest BCUT2D eigenvalue weighted by atomic mass is 9.74. The van der Waals surface area contributed by atoms with E-state index in [0.29, 0.717) is 18.2 Å². The van der Waals surface area contributed by atoms with Gasteiger partial charge in [0.05, 0.1) is 12.0 Å². The summed E-state index contributed by atoms with van der Waals surface area (Å²) in [5, 5.41) is 0.499. The summed E-state index contributed by atoms with van der Waals surface area (Å²) in [6, 6.07) is 13.9. The van der Waals surface area contributed by atoms with Crippen LogP contribution in [-0.2, 0) is 20.2 Å². The Kier molecular flexibility index (Phi) is 5.87. The average molecular weight is 396 g/mol. The first-order valence-electron chi connectivity index (χ1n) is 8.43. The van der Waals surface area contributed by atoms with Crippen LogP contribution in [0.15, 0.2) is 53.4 Å². The zero-order valence-corrected chi connectivity index (χ0v) is 16.1. The maximum Gasteiger partial charge on any atom is 0.240 e. The third-order valence-corrected chi connectivity index (χ3v) is 6.52. The molecular weight excluding hydrogens is 374 g/mol. The van der Waals surface area contributed by atoms with Crippen LogP contribution in [0.4, 0.5) is 0 Å². The highest BCUT2D eigenvalue weighted by Crippen LogP contribution is 2.39. The molecule has 7 heteroatoms. The van der Waals surface area contributed by atoms with E-state index in [1.165, 1.54) is 12.1 Å². The van der Waals surface area contributed by atoms with Crippen molar-refractivity contribution in [1.82, 2.24) is 4.72 Å². The minimum atomic E-state index is -3.63. The van der Waals surface area contributed by atoms with Crippen molar-refractivity contribution >= 4 is 21.6 Å². The molecule has 1 aliphatic heterocycles. The Labute approximate surface area is 159 Å². The molecule has 0 aliphatic carbocycles. The number of rotatable bonds is 6. The smallest absolute Gasteiger partial charge is 0.240 e. The molecule has 0 amide bonds. The minimum Gasteiger partial charge on any atom is -0.496 e. The highest BCUT2D eigenvalue weighted by molar-refractivity contribution is 7.89. The Morgan fingerprint density at radius 2 is 1.77 bits per heavy atom. The van der Waals surface area contributed by atoms with E-state index in [9.17, 15) is 8.42 Å². The van der Waals surface area contributed by atoms with Crippen LogP contribution in [0.5, 0.6) is 5.75 Å². The highest BCUT2D eigenvalue weighted by atomic mass is 35.5. The van der Waals surface area contributed by atoms with Crippen molar-refractivity contribution in [3.05, 3.63) is 59.1 Å². The molecule has 0 spiro atoms. The molecule has 0 aromatic heterocycles. The summed E-state index contributed by atoms with van der Waals surface area (Å²) < 4.78 is 39.2. The number of nitrogens with one attached hydrogen (secondary N) is 1. The van der Waals surface area contributed by atoms with Crippen molar-refractivity contribution in [2.45, 2.75) is 23.2 Å². The molecule has 0 bridgehead atoms. The summed E-state index contributed by atoms with van der Waals surface area (Å²) in [6.45, 7) is 1.45. The summed E-state index contributed by atoms with van der Waals surface area (Å²) in [6.07, 6.45) is 1.44. The first-order chi connectivity index (χ1) is 12.5. The minimum absolute atomic E-state index is 0.198. The number of hydrogen-bond donors (Lipinski definition) is 1. The predicted molar refractivity (Wildman–Crippen MR) is 101 cm³/mol. The first kappa shape index (κ1) is 19.2. The highest BCUT2D eigenvalue weighted by Gasteiger charge is 2.37. The van der Waals surface area contributed by atoms with Gasteiger partial charge in [-0.2, -0.15) is 0 Å². The van der Waals surface area contributed by atoms with Crippen LogP contribution >= 0.6 is 11.6 Å². The second-order valence-electron chi connectivity index (χ2n) is 6.37. The fraction of sp³-hybridized carbons (Fsp3) is 0.368. The second kappa shape index (κ2) is 7.96. The molecule has 2 aromatic rings. The lowest BCUT2D eigenvalue weighted by molar-refractivity contribution is 0.0509. The zero-order chi connectivity index (χ0) is 18.6. The van der Waals surface area contributed by atoms with E-state index in [0.717, 1.165) is 24.2 Å². The fourth-order valence-electron chi connectivity index (χ4n) is 3.32. The van der Waals surface area contributed by atoms with Gasteiger partial charge in [0, 0.05) is 35.8 Å². The van der Waals surface area contributed by atoms with E-state index in [4.69, 9.17) is 21.1 Å². The number of methoxy groups -OCH3 is 1. The van der Waals surface area contributed by atoms with Gasteiger partial charge in [0.25, 0.3) is 0 Å². The maximum absolute atomic E-state index is 12.7. The summed E-state index contributed by atoms with van der Waals surface area (Å²) in [5.74, 6) is 0.764. The van der Waals surface area contributed by atoms with Gasteiger partial charge in [0.1, 0.15) is 5.75 Å². The van der Waals surface area contributed by atoms with Crippen molar-refractivity contribution in [3.8, 4) is 5.75 Å². The van der Waals surface area contributed by atoms with Gasteiger partial charge < -0.3 is 9.47 Å². The van der Waals surface area contributed by atoms with Crippen LogP contribution in [0.2, 0.25) is 5.02 Å². The maximum atomic E-state index is 12.7. The van der Waals surface area contributed by atoms with E-state index in [-0.39, 0.29) is 16.9 Å². The summed E-state index contributed by atoms with van der Waals surface area (Å²) in [7, 11) is -2.00. The molecule has 0 unspecified atom stereocenters. The second-order valence-corrected chi connectivity index (χ2v) is 8.57. The quantitative estimate of drug-likeness (QED) is 0.814. The van der Waals surface area contributed by atoms with Crippen LogP contribution in [0.25, 0.3) is 0 Å². The van der Waals surface area contributed by atoms with Gasteiger partial charge in [-0.05, 0) is 43.2 Å². The van der Waals surface area contributed by atoms with Crippen molar-refractivity contribution < 1.29 is 17.9 Å². The molecule has 5 nitrogen and oxygen atoms in total. The van der Waals surface area contributed by atoms with Gasteiger partial charge in [0.2, 0.25) is 10.0 Å². The van der Waals surface area contributed by atoms with E-state index in [2.05, 4.69) is 4.72 Å². The molecule has 1 aliphatic rings. The Morgan fingerprint density at radius 1 is 1.12 bits per heavy atom. The number of para-hydroxylation sites is 1. The number of sulfonamides is 1. The molecule has 0 saturated carbocycles. The third-order valence-electron chi connectivity index (χ3n) is 4.85. The van der Waals surface area contributed by atoms with Gasteiger partial charge in [-0.1, -0.05) is 29.8 Å². The monoisotopic (exact) mass is 395 g/mol. The Balaban J connectivity index is 1.89. The summed E-state index contributed by atoms with van der Waals surface area (Å²) >= 11 is 5.85. The van der Waals surface area contributed by atoms with Crippen LogP contribution in [-0.4, -0.2) is 35.3 Å². The molecule has 1 fully saturated rings. The molecule has 2 aromatic carbocycles. The number of ether oxygens (including phenoxy) is 2. The largest absolute Gasteiger partial charge is 0.496 e. The first-order valence-corrected chi connectivity index (χ1v) is 10.3. The Morgan fingerprint density at radius 3 is 2.42 bits per heavy atom.